The molecule has 0 aliphatic rings. The van der Waals surface area contributed by atoms with E-state index in [9.17, 15) is 9.59 Å². The Hall–Kier alpha value is -1.83. The molecule has 9 heteroatoms. The van der Waals surface area contributed by atoms with Gasteiger partial charge in [-0.1, -0.05) is 29.3 Å². The van der Waals surface area contributed by atoms with E-state index in [1.54, 1.807) is 23.7 Å². The summed E-state index contributed by atoms with van der Waals surface area (Å²) < 4.78 is 0. The predicted molar refractivity (Wildman–Crippen MR) is 85.9 cm³/mol. The molecule has 0 radical (unpaired) electrons. The van der Waals surface area contributed by atoms with Crippen LogP contribution in [-0.4, -0.2) is 35.2 Å². The number of carboxylic acid groups (broad SMARTS) is 1. The van der Waals surface area contributed by atoms with Crippen LogP contribution in [0.4, 0.5) is 4.79 Å². The lowest BCUT2D eigenvalue weighted by Crippen LogP contribution is -2.34. The summed E-state index contributed by atoms with van der Waals surface area (Å²) in [7, 11) is 0. The van der Waals surface area contributed by atoms with Crippen molar-refractivity contribution in [3.05, 3.63) is 39.4 Å². The van der Waals surface area contributed by atoms with Gasteiger partial charge < -0.3 is 15.7 Å². The van der Waals surface area contributed by atoms with Gasteiger partial charge in [0.15, 0.2) is 0 Å². The Morgan fingerprint density at radius 1 is 1.18 bits per heavy atom. The lowest BCUT2D eigenvalue weighted by atomic mass is 10.1. The molecule has 2 amide bonds. The monoisotopic (exact) mass is 359 g/mol. The van der Waals surface area contributed by atoms with Crippen molar-refractivity contribution in [3.8, 4) is 10.4 Å². The van der Waals surface area contributed by atoms with E-state index in [0.29, 0.717) is 14.9 Å². The van der Waals surface area contributed by atoms with Gasteiger partial charge in [0.05, 0.1) is 20.4 Å². The first kappa shape index (κ1) is 16.5. The molecule has 1 aromatic heterocycles. The fraction of sp³-hybridized carbons (Fsp3) is 0.154. The molecule has 0 spiro atoms. The molecule has 2 aromatic rings. The van der Waals surface area contributed by atoms with Crippen molar-refractivity contribution in [2.45, 2.75) is 0 Å². The van der Waals surface area contributed by atoms with E-state index < -0.39 is 6.09 Å². The Morgan fingerprint density at radius 2 is 1.91 bits per heavy atom. The van der Waals surface area contributed by atoms with Gasteiger partial charge in [0.2, 0.25) is 0 Å². The molecule has 0 atom stereocenters. The van der Waals surface area contributed by atoms with Gasteiger partial charge in [-0.2, -0.15) is 0 Å². The molecule has 116 valence electrons. The molecule has 3 N–H and O–H groups in total. The van der Waals surface area contributed by atoms with Crippen LogP contribution >= 0.6 is 34.5 Å². The zero-order valence-corrected chi connectivity index (χ0v) is 13.4. The van der Waals surface area contributed by atoms with Gasteiger partial charge >= 0.3 is 6.09 Å². The van der Waals surface area contributed by atoms with Crippen molar-refractivity contribution in [3.63, 3.8) is 0 Å². The van der Waals surface area contributed by atoms with Crippen LogP contribution in [0.2, 0.25) is 10.0 Å². The highest BCUT2D eigenvalue weighted by Crippen LogP contribution is 2.32. The number of hydrogen-bond acceptors (Lipinski definition) is 4. The first-order valence-electron chi connectivity index (χ1n) is 6.13. The molecule has 1 heterocycles. The Labute approximate surface area is 140 Å². The lowest BCUT2D eigenvalue weighted by molar-refractivity contribution is 0.0949. The van der Waals surface area contributed by atoms with E-state index in [4.69, 9.17) is 28.3 Å². The third kappa shape index (κ3) is 4.09. The van der Waals surface area contributed by atoms with Gasteiger partial charge in [0.25, 0.3) is 5.91 Å². The quantitative estimate of drug-likeness (QED) is 0.715. The molecule has 1 aromatic carbocycles. The molecule has 0 saturated carbocycles. The van der Waals surface area contributed by atoms with Gasteiger partial charge in [-0.25, -0.2) is 9.78 Å². The van der Waals surface area contributed by atoms with E-state index in [-0.39, 0.29) is 24.7 Å². The number of carbonyl (C=O) groups is 2. The maximum atomic E-state index is 12.1. The summed E-state index contributed by atoms with van der Waals surface area (Å²) in [4.78, 5) is 27.1. The van der Waals surface area contributed by atoms with Gasteiger partial charge in [-0.3, -0.25) is 4.79 Å². The number of aromatic nitrogens is 1. The molecule has 2 rings (SSSR count). The Bertz CT molecular complexity index is 706. The molecule has 0 saturated heterocycles. The fourth-order valence-electron chi connectivity index (χ4n) is 1.68. The van der Waals surface area contributed by atoms with Gasteiger partial charge in [-0.05, 0) is 17.7 Å². The maximum absolute atomic E-state index is 12.1. The van der Waals surface area contributed by atoms with Crippen molar-refractivity contribution in [2.75, 3.05) is 13.1 Å². The normalized spacial score (nSPS) is 10.3. The molecular formula is C13H11Cl2N3O3S. The highest BCUT2D eigenvalue weighted by molar-refractivity contribution is 7.13. The third-order valence-corrected chi connectivity index (χ3v) is 4.27. The number of benzene rings is 1. The second-order valence-corrected chi connectivity index (χ2v) is 5.82. The van der Waals surface area contributed by atoms with Crippen LogP contribution in [0.3, 0.4) is 0 Å². The summed E-state index contributed by atoms with van der Waals surface area (Å²) in [6.07, 6.45) is -1.14. The van der Waals surface area contributed by atoms with E-state index in [1.165, 1.54) is 11.3 Å². The Morgan fingerprint density at radius 3 is 2.59 bits per heavy atom. The van der Waals surface area contributed by atoms with Gasteiger partial charge in [0, 0.05) is 13.1 Å². The van der Waals surface area contributed by atoms with Crippen molar-refractivity contribution >= 4 is 46.5 Å². The number of nitrogens with zero attached hydrogens (tertiary/aromatic N) is 1. The second kappa shape index (κ2) is 7.44. The Kier molecular flexibility index (Phi) is 5.59. The van der Waals surface area contributed by atoms with Crippen LogP contribution in [0.1, 0.15) is 10.5 Å². The number of halogens is 2. The van der Waals surface area contributed by atoms with Crippen molar-refractivity contribution in [1.82, 2.24) is 15.6 Å². The average Bonchev–Trinajstić information content (AvgIpc) is 2.95. The van der Waals surface area contributed by atoms with Crippen molar-refractivity contribution in [2.24, 2.45) is 0 Å². The standard InChI is InChI=1S/C13H11Cl2N3O3S/c14-8-2-1-7(5-9(8)15)11-10(18-6-22-11)12(19)16-3-4-17-13(20)21/h1-2,5-6,17H,3-4H2,(H,16,19)(H,20,21). The second-order valence-electron chi connectivity index (χ2n) is 4.15. The van der Waals surface area contributed by atoms with E-state index in [2.05, 4.69) is 15.6 Å². The van der Waals surface area contributed by atoms with Crippen LogP contribution in [-0.2, 0) is 0 Å². The number of carbonyl (C=O) groups excluding carboxylic acids is 1. The van der Waals surface area contributed by atoms with Crippen molar-refractivity contribution < 1.29 is 14.7 Å². The van der Waals surface area contributed by atoms with Crippen LogP contribution < -0.4 is 10.6 Å². The lowest BCUT2D eigenvalue weighted by Gasteiger charge is -2.06. The summed E-state index contributed by atoms with van der Waals surface area (Å²) in [5.41, 5.74) is 2.56. The SMILES string of the molecule is O=C(O)NCCNC(=O)c1ncsc1-c1ccc(Cl)c(Cl)c1. The smallest absolute Gasteiger partial charge is 0.404 e. The summed E-state index contributed by atoms with van der Waals surface area (Å²) in [6.45, 7) is 0.288. The summed E-state index contributed by atoms with van der Waals surface area (Å²) in [5.74, 6) is -0.380. The van der Waals surface area contributed by atoms with Crippen LogP contribution in [0, 0.1) is 0 Å². The van der Waals surface area contributed by atoms with E-state index in [0.717, 1.165) is 5.56 Å². The maximum Gasteiger partial charge on any atom is 0.404 e. The van der Waals surface area contributed by atoms with E-state index in [1.807, 2.05) is 0 Å². The van der Waals surface area contributed by atoms with Crippen LogP contribution in [0.15, 0.2) is 23.7 Å². The molecule has 0 aliphatic carbocycles. The molecule has 0 fully saturated rings. The third-order valence-electron chi connectivity index (χ3n) is 2.65. The fourth-order valence-corrected chi connectivity index (χ4v) is 2.76. The van der Waals surface area contributed by atoms with Gasteiger partial charge in [-0.15, -0.1) is 11.3 Å². The first-order chi connectivity index (χ1) is 10.5. The minimum atomic E-state index is -1.14. The molecule has 0 aliphatic heterocycles. The Balaban J connectivity index is 2.10. The minimum Gasteiger partial charge on any atom is -0.465 e. The number of amides is 2. The summed E-state index contributed by atoms with van der Waals surface area (Å²) in [6, 6.07) is 5.07. The highest BCUT2D eigenvalue weighted by Gasteiger charge is 2.16. The number of hydrogen-bond donors (Lipinski definition) is 3. The topological polar surface area (TPSA) is 91.3 Å². The van der Waals surface area contributed by atoms with Gasteiger partial charge in [0.1, 0.15) is 5.69 Å². The largest absolute Gasteiger partial charge is 0.465 e. The first-order valence-corrected chi connectivity index (χ1v) is 7.76. The molecular weight excluding hydrogens is 349 g/mol. The molecule has 22 heavy (non-hydrogen) atoms. The average molecular weight is 360 g/mol. The number of thiazole rings is 1. The number of nitrogens with one attached hydrogen (secondary N) is 2. The number of rotatable bonds is 5. The molecule has 0 unspecified atom stereocenters. The zero-order valence-electron chi connectivity index (χ0n) is 11.1. The highest BCUT2D eigenvalue weighted by atomic mass is 35.5. The van der Waals surface area contributed by atoms with E-state index >= 15 is 0 Å². The zero-order chi connectivity index (χ0) is 16.1. The predicted octanol–water partition coefficient (Wildman–Crippen LogP) is 3.11. The van der Waals surface area contributed by atoms with Crippen molar-refractivity contribution in [1.29, 1.82) is 0 Å². The summed E-state index contributed by atoms with van der Waals surface area (Å²) >= 11 is 13.2. The van der Waals surface area contributed by atoms with Crippen LogP contribution in [0.5, 0.6) is 0 Å². The molecule has 0 bridgehead atoms. The minimum absolute atomic E-state index is 0.118. The molecule has 6 nitrogen and oxygen atoms in total. The summed E-state index contributed by atoms with van der Waals surface area (Å²) in [5, 5.41) is 14.0. The van der Waals surface area contributed by atoms with Crippen LogP contribution in [0.25, 0.3) is 10.4 Å².